The first-order chi connectivity index (χ1) is 4.18. The minimum atomic E-state index is 0. The summed E-state index contributed by atoms with van der Waals surface area (Å²) in [6.07, 6.45) is 0. The first kappa shape index (κ1) is 24.2. The molecule has 0 aromatic carbocycles. The van der Waals surface area contributed by atoms with Gasteiger partial charge in [0.05, 0.1) is 13.6 Å². The van der Waals surface area contributed by atoms with E-state index in [0.29, 0.717) is 0 Å². The predicted molar refractivity (Wildman–Crippen MR) is 62.1 cm³/mol. The van der Waals surface area contributed by atoms with Crippen molar-refractivity contribution in [3.05, 3.63) is 0 Å². The molecule has 0 saturated carbocycles. The number of hydrogen-bond donors (Lipinski definition) is 0. The van der Waals surface area contributed by atoms with Crippen LogP contribution in [0.4, 0.5) is 0 Å². The van der Waals surface area contributed by atoms with E-state index >= 15 is 0 Å². The Balaban J connectivity index is -0.000000270. The van der Waals surface area contributed by atoms with Gasteiger partial charge in [-0.1, -0.05) is 0 Å². The van der Waals surface area contributed by atoms with Crippen molar-refractivity contribution in [1.82, 2.24) is 0 Å². The Labute approximate surface area is 232 Å². The molecule has 0 radical (unpaired) electrons. The van der Waals surface area contributed by atoms with E-state index in [1.807, 2.05) is 0 Å². The van der Waals surface area contributed by atoms with E-state index in [0.717, 1.165) is 0 Å². The number of rotatable bonds is 0. The maximum atomic E-state index is 5.02. The summed E-state index contributed by atoms with van der Waals surface area (Å²) >= 11 is 20.0. The second-order valence-corrected chi connectivity index (χ2v) is 9.02. The van der Waals surface area contributed by atoms with Crippen LogP contribution in [0.15, 0.2) is 0 Å². The Bertz CT molecular complexity index is 79.0. The second kappa shape index (κ2) is 14.6. The van der Waals surface area contributed by atoms with Crippen LogP contribution in [0.1, 0.15) is 0 Å². The van der Waals surface area contributed by atoms with Gasteiger partial charge in [-0.05, 0) is 0 Å². The van der Waals surface area contributed by atoms with Crippen LogP contribution in [-0.2, 0) is 37.4 Å². The van der Waals surface area contributed by atoms with E-state index in [2.05, 4.69) is 0 Å². The molecule has 1 aliphatic rings. The summed E-state index contributed by atoms with van der Waals surface area (Å²) in [4.78, 5) is 0. The van der Waals surface area contributed by atoms with Crippen LogP contribution >= 0.6 is 34.4 Å². The molecule has 0 amide bonds. The van der Waals surface area contributed by atoms with Gasteiger partial charge in [0.1, 0.15) is 0 Å². The third kappa shape index (κ3) is 12.2. The van der Waals surface area contributed by atoms with Crippen LogP contribution in [0.2, 0.25) is 0 Å². The van der Waals surface area contributed by atoms with Crippen molar-refractivity contribution < 1.29 is 154 Å². The molecule has 0 aromatic heterocycles. The van der Waals surface area contributed by atoms with E-state index in [9.17, 15) is 0 Å². The average molecular weight is 342 g/mol. The third-order valence-corrected chi connectivity index (χ3v) is 6.00. The maximum absolute atomic E-state index is 5.02. The fraction of sp³-hybridized carbons (Fsp3) is 0. The van der Waals surface area contributed by atoms with Gasteiger partial charge in [0, 0.05) is 0 Å². The predicted octanol–water partition coefficient (Wildman–Crippen LogP) is -8.19. The van der Waals surface area contributed by atoms with Gasteiger partial charge < -0.3 is 37.4 Å². The molecule has 0 unspecified atom stereocenters. The van der Waals surface area contributed by atoms with Crippen molar-refractivity contribution >= 4 is 85.5 Å². The van der Waals surface area contributed by atoms with Crippen LogP contribution in [0.3, 0.4) is 0 Å². The summed E-state index contributed by atoms with van der Waals surface area (Å²) in [7, 11) is 0. The molecule has 0 aromatic rings. The summed E-state index contributed by atoms with van der Waals surface area (Å²) in [5, 5.41) is 0. The summed E-state index contributed by atoms with van der Waals surface area (Å²) in [6, 6.07) is 0. The Morgan fingerprint density at radius 3 is 0.917 bits per heavy atom. The molecular weight excluding hydrogens is 342 g/mol. The molecule has 1 heterocycles. The quantitative estimate of drug-likeness (QED) is 0.315. The van der Waals surface area contributed by atoms with Gasteiger partial charge in [0.25, 0.3) is 0 Å². The van der Waals surface area contributed by atoms with Crippen molar-refractivity contribution in [3.63, 3.8) is 0 Å². The molecule has 12 heavy (non-hydrogen) atoms. The molecule has 1 rings (SSSR count). The summed E-state index contributed by atoms with van der Waals surface area (Å²) in [6.45, 7) is 0. The van der Waals surface area contributed by atoms with E-state index in [1.165, 1.54) is 0 Å². The molecule has 0 atom stereocenters. The monoisotopic (exact) mass is 342 g/mol. The first-order valence-electron chi connectivity index (χ1n) is 2.12. The van der Waals surface area contributed by atoms with Gasteiger partial charge >= 0.3 is 154 Å². The standard InChI is InChI=1S/B3S6.3K/c4-1-7-2(5)9-3(6)8-1;;;/q-3;3*+1. The molecular formula is B3K3S6. The zero-order valence-electron chi connectivity index (χ0n) is 7.18. The van der Waals surface area contributed by atoms with Gasteiger partial charge in [-0.3, -0.25) is 34.4 Å². The van der Waals surface area contributed by atoms with Crippen molar-refractivity contribution in [2.45, 2.75) is 0 Å². The molecule has 0 spiro atoms. The van der Waals surface area contributed by atoms with Crippen molar-refractivity contribution in [2.24, 2.45) is 0 Å². The smallest absolute Gasteiger partial charge is 0.803 e. The zero-order chi connectivity index (χ0) is 6.85. The van der Waals surface area contributed by atoms with Crippen LogP contribution in [-0.4, -0.2) is 13.6 Å². The molecule has 1 aliphatic heterocycles. The first-order valence-corrected chi connectivity index (χ1v) is 6.36. The molecule has 48 valence electrons. The van der Waals surface area contributed by atoms with Gasteiger partial charge in [-0.15, -0.1) is 0 Å². The summed E-state index contributed by atoms with van der Waals surface area (Å²) in [5.74, 6) is 0. The maximum Gasteiger partial charge on any atom is 1.00 e. The molecule has 1 saturated heterocycles. The van der Waals surface area contributed by atoms with Crippen LogP contribution in [0.5, 0.6) is 0 Å². The fourth-order valence-corrected chi connectivity index (χ4v) is 8.21. The minimum Gasteiger partial charge on any atom is -0.803 e. The van der Waals surface area contributed by atoms with Crippen LogP contribution in [0, 0.1) is 0 Å². The van der Waals surface area contributed by atoms with Gasteiger partial charge in [0.15, 0.2) is 0 Å². The minimum absolute atomic E-state index is 0. The summed E-state index contributed by atoms with van der Waals surface area (Å²) < 4.78 is 0.531. The third-order valence-electron chi connectivity index (χ3n) is 0.667. The molecule has 1 fully saturated rings. The molecule has 0 nitrogen and oxygen atoms in total. The molecule has 0 bridgehead atoms. The normalized spacial score (nSPS) is 15.8. The van der Waals surface area contributed by atoms with Gasteiger partial charge in [0.2, 0.25) is 0 Å². The summed E-state index contributed by atoms with van der Waals surface area (Å²) in [5.41, 5.74) is 0. The van der Waals surface area contributed by atoms with Gasteiger partial charge in [-0.2, -0.15) is 0 Å². The van der Waals surface area contributed by atoms with Crippen molar-refractivity contribution in [1.29, 1.82) is 0 Å². The Morgan fingerprint density at radius 1 is 0.583 bits per heavy atom. The molecule has 0 aliphatic carbocycles. The Morgan fingerprint density at radius 2 is 0.750 bits per heavy atom. The fourth-order valence-electron chi connectivity index (χ4n) is 0.368. The van der Waals surface area contributed by atoms with E-state index in [4.69, 9.17) is 37.4 Å². The number of hydrogen-bond acceptors (Lipinski definition) is 6. The largest absolute Gasteiger partial charge is 1.00 e. The van der Waals surface area contributed by atoms with E-state index < -0.39 is 0 Å². The van der Waals surface area contributed by atoms with Crippen molar-refractivity contribution in [3.8, 4) is 0 Å². The SMILES string of the molecule is [K+].[K+].[K+].[S-]B1SB([S-])SB([S-])S1. The molecule has 0 N–H and O–H groups in total. The van der Waals surface area contributed by atoms with E-state index in [-0.39, 0.29) is 168 Å². The average Bonchev–Trinajstić information content (AvgIpc) is 1.59. The van der Waals surface area contributed by atoms with E-state index in [1.54, 1.807) is 34.4 Å². The Kier molecular flexibility index (Phi) is 29.5. The van der Waals surface area contributed by atoms with Crippen LogP contribution in [0.25, 0.3) is 0 Å². The van der Waals surface area contributed by atoms with Crippen LogP contribution < -0.4 is 154 Å². The second-order valence-electron chi connectivity index (χ2n) is 1.27. The topological polar surface area (TPSA) is 0 Å². The molecule has 12 heteroatoms. The van der Waals surface area contributed by atoms with Gasteiger partial charge in [-0.25, -0.2) is 0 Å². The van der Waals surface area contributed by atoms with Crippen molar-refractivity contribution in [2.75, 3.05) is 0 Å². The Hall–Kier alpha value is 7.20. The zero-order valence-corrected chi connectivity index (χ0v) is 21.4.